The molecule has 0 atom stereocenters. The fourth-order valence-corrected chi connectivity index (χ4v) is 2.51. The van der Waals surface area contributed by atoms with Crippen LogP contribution < -0.4 is 4.74 Å². The van der Waals surface area contributed by atoms with Crippen LogP contribution in [0.25, 0.3) is 0 Å². The third-order valence-corrected chi connectivity index (χ3v) is 3.35. The molecule has 7 nitrogen and oxygen atoms in total. The average Bonchev–Trinajstić information content (AvgIpc) is 2.44. The number of halogens is 2. The second-order valence-corrected chi connectivity index (χ2v) is 6.19. The summed E-state index contributed by atoms with van der Waals surface area (Å²) in [5.74, 6) is -2.97. The maximum absolute atomic E-state index is 9.10. The summed E-state index contributed by atoms with van der Waals surface area (Å²) in [7, 11) is 4.03. The summed E-state index contributed by atoms with van der Waals surface area (Å²) in [6.45, 7) is 4.66. The van der Waals surface area contributed by atoms with E-state index in [1.54, 1.807) is 0 Å². The van der Waals surface area contributed by atoms with E-state index in [-0.39, 0.29) is 0 Å². The van der Waals surface area contributed by atoms with Crippen molar-refractivity contribution in [2.24, 2.45) is 0 Å². The molecule has 0 heterocycles. The van der Waals surface area contributed by atoms with Crippen LogP contribution in [0.15, 0.2) is 16.6 Å². The molecule has 9 heteroatoms. The van der Waals surface area contributed by atoms with Gasteiger partial charge in [-0.3, -0.25) is 0 Å². The molecule has 0 fully saturated rings. The number of hydrogen-bond acceptors (Lipinski definition) is 5. The van der Waals surface area contributed by atoms with Gasteiger partial charge in [0.1, 0.15) is 6.61 Å². The fourth-order valence-electron chi connectivity index (χ4n) is 1.38. The van der Waals surface area contributed by atoms with Gasteiger partial charge in [0.05, 0.1) is 22.7 Å². The Morgan fingerprint density at radius 2 is 1.75 bits per heavy atom. The van der Waals surface area contributed by atoms with Crippen LogP contribution >= 0.6 is 27.5 Å². The summed E-state index contributed by atoms with van der Waals surface area (Å²) in [6, 6.07) is 3.86. The van der Waals surface area contributed by atoms with E-state index in [0.717, 1.165) is 16.6 Å². The molecule has 0 bridgehead atoms. The van der Waals surface area contributed by atoms with E-state index < -0.39 is 11.9 Å². The van der Waals surface area contributed by atoms with E-state index in [1.165, 1.54) is 0 Å². The highest BCUT2D eigenvalue weighted by molar-refractivity contribution is 9.10. The van der Waals surface area contributed by atoms with Gasteiger partial charge in [-0.15, -0.1) is 0 Å². The first-order valence-corrected chi connectivity index (χ1v) is 8.09. The minimum absolute atomic E-state index is 0.495. The largest absolute Gasteiger partial charge is 0.488 e. The average molecular weight is 427 g/mol. The van der Waals surface area contributed by atoms with E-state index in [9.17, 15) is 0 Å². The second kappa shape index (κ2) is 12.1. The molecular formula is C15H21BrClNO6. The van der Waals surface area contributed by atoms with E-state index >= 15 is 0 Å². The first-order valence-electron chi connectivity index (χ1n) is 6.92. The summed E-state index contributed by atoms with van der Waals surface area (Å²) in [4.78, 5) is 20.3. The summed E-state index contributed by atoms with van der Waals surface area (Å²) in [6.07, 6.45) is 0. The molecule has 0 amide bonds. The first-order chi connectivity index (χ1) is 11.1. The first kappa shape index (κ1) is 22.6. The Hall–Kier alpha value is -1.35. The van der Waals surface area contributed by atoms with E-state index in [1.807, 2.05) is 33.2 Å². The molecular weight excluding hydrogens is 406 g/mol. The van der Waals surface area contributed by atoms with Gasteiger partial charge < -0.3 is 24.6 Å². The Balaban J connectivity index is 0.000000754. The minimum Gasteiger partial charge on any atom is -0.488 e. The monoisotopic (exact) mass is 425 g/mol. The minimum atomic E-state index is -1.82. The number of aryl methyl sites for hydroxylation is 1. The third kappa shape index (κ3) is 10.4. The van der Waals surface area contributed by atoms with Crippen molar-refractivity contribution >= 4 is 39.5 Å². The van der Waals surface area contributed by atoms with Crippen LogP contribution in [0.2, 0.25) is 5.02 Å². The topological polar surface area (TPSA) is 96.3 Å². The van der Waals surface area contributed by atoms with Crippen molar-refractivity contribution in [2.45, 2.75) is 6.92 Å². The molecule has 1 aromatic rings. The number of hydrogen-bond donors (Lipinski definition) is 2. The molecule has 0 aliphatic carbocycles. The molecule has 1 aromatic carbocycles. The molecule has 0 spiro atoms. The molecule has 0 saturated heterocycles. The number of nitrogens with zero attached hydrogens (tertiary/aromatic N) is 1. The summed E-state index contributed by atoms with van der Waals surface area (Å²) >= 11 is 9.56. The number of aliphatic carboxylic acids is 2. The Morgan fingerprint density at radius 1 is 1.17 bits per heavy atom. The summed E-state index contributed by atoms with van der Waals surface area (Å²) in [5.41, 5.74) is 1.10. The van der Waals surface area contributed by atoms with Crippen molar-refractivity contribution in [3.63, 3.8) is 0 Å². The van der Waals surface area contributed by atoms with Crippen molar-refractivity contribution in [1.82, 2.24) is 4.90 Å². The van der Waals surface area contributed by atoms with Crippen LogP contribution in [0, 0.1) is 6.92 Å². The van der Waals surface area contributed by atoms with Gasteiger partial charge in [0.2, 0.25) is 0 Å². The van der Waals surface area contributed by atoms with Crippen molar-refractivity contribution in [3.05, 3.63) is 27.2 Å². The zero-order chi connectivity index (χ0) is 18.7. The molecule has 0 aromatic heterocycles. The third-order valence-electron chi connectivity index (χ3n) is 2.48. The number of ether oxygens (including phenoxy) is 2. The maximum Gasteiger partial charge on any atom is 0.414 e. The molecule has 0 aliphatic rings. The molecule has 2 N–H and O–H groups in total. The highest BCUT2D eigenvalue weighted by Crippen LogP contribution is 2.34. The Bertz CT molecular complexity index is 518. The van der Waals surface area contributed by atoms with Crippen LogP contribution in [0.3, 0.4) is 0 Å². The highest BCUT2D eigenvalue weighted by atomic mass is 79.9. The van der Waals surface area contributed by atoms with E-state index in [2.05, 4.69) is 20.8 Å². The number of carboxylic acid groups (broad SMARTS) is 2. The van der Waals surface area contributed by atoms with Gasteiger partial charge in [0.15, 0.2) is 5.75 Å². The van der Waals surface area contributed by atoms with Gasteiger partial charge in [0, 0.05) is 6.54 Å². The lowest BCUT2D eigenvalue weighted by molar-refractivity contribution is -0.159. The maximum atomic E-state index is 9.10. The van der Waals surface area contributed by atoms with Crippen molar-refractivity contribution in [2.75, 3.05) is 40.5 Å². The van der Waals surface area contributed by atoms with Crippen molar-refractivity contribution in [1.29, 1.82) is 0 Å². The molecule has 1 rings (SSSR count). The van der Waals surface area contributed by atoms with Crippen molar-refractivity contribution in [3.8, 4) is 5.75 Å². The van der Waals surface area contributed by atoms with Gasteiger partial charge in [0.25, 0.3) is 0 Å². The van der Waals surface area contributed by atoms with Crippen LogP contribution in [0.1, 0.15) is 5.56 Å². The predicted octanol–water partition coefficient (Wildman–Crippen LogP) is 2.52. The summed E-state index contributed by atoms with van der Waals surface area (Å²) in [5, 5.41) is 15.4. The Labute approximate surface area is 154 Å². The normalized spacial score (nSPS) is 10.1. The highest BCUT2D eigenvalue weighted by Gasteiger charge is 2.07. The lowest BCUT2D eigenvalue weighted by Crippen LogP contribution is -2.19. The Morgan fingerprint density at radius 3 is 2.21 bits per heavy atom. The van der Waals surface area contributed by atoms with Crippen LogP contribution in [0.5, 0.6) is 5.75 Å². The van der Waals surface area contributed by atoms with Crippen LogP contribution in [-0.4, -0.2) is 67.5 Å². The van der Waals surface area contributed by atoms with Gasteiger partial charge in [-0.1, -0.05) is 11.6 Å². The van der Waals surface area contributed by atoms with Crippen LogP contribution in [-0.2, 0) is 14.3 Å². The van der Waals surface area contributed by atoms with Crippen molar-refractivity contribution < 1.29 is 29.3 Å². The molecule has 0 aliphatic heterocycles. The van der Waals surface area contributed by atoms with Gasteiger partial charge >= 0.3 is 11.9 Å². The van der Waals surface area contributed by atoms with Crippen LogP contribution in [0.4, 0.5) is 0 Å². The van der Waals surface area contributed by atoms with E-state index in [0.29, 0.717) is 30.6 Å². The van der Waals surface area contributed by atoms with Gasteiger partial charge in [-0.05, 0) is 54.6 Å². The number of likely N-dealkylation sites (N-methyl/N-ethyl adjacent to an activating group) is 1. The second-order valence-electron chi connectivity index (χ2n) is 4.93. The zero-order valence-corrected chi connectivity index (χ0v) is 16.1. The van der Waals surface area contributed by atoms with Gasteiger partial charge in [-0.2, -0.15) is 0 Å². The van der Waals surface area contributed by atoms with Gasteiger partial charge in [-0.25, -0.2) is 9.59 Å². The number of benzene rings is 1. The van der Waals surface area contributed by atoms with E-state index in [4.69, 9.17) is 40.9 Å². The fraction of sp³-hybridized carbons (Fsp3) is 0.467. The standard InChI is InChI=1S/C13H19BrClNO2.C2H2O4/c1-10-8-11(14)13(12(15)9-10)18-7-6-17-5-4-16(2)3;3-1(4)2(5)6/h8-9H,4-7H2,1-3H3;(H,3,4)(H,5,6). The molecule has 0 saturated carbocycles. The number of carboxylic acids is 2. The predicted molar refractivity (Wildman–Crippen MR) is 94.0 cm³/mol. The quantitative estimate of drug-likeness (QED) is 0.511. The number of carbonyl (C=O) groups is 2. The molecule has 0 unspecified atom stereocenters. The molecule has 0 radical (unpaired) electrons. The Kier molecular flexibility index (Phi) is 11.4. The molecule has 24 heavy (non-hydrogen) atoms. The SMILES string of the molecule is Cc1cc(Cl)c(OCCOCCN(C)C)c(Br)c1.O=C(O)C(=O)O. The lowest BCUT2D eigenvalue weighted by atomic mass is 10.2. The molecule has 136 valence electrons. The zero-order valence-electron chi connectivity index (χ0n) is 13.7. The smallest absolute Gasteiger partial charge is 0.414 e. The lowest BCUT2D eigenvalue weighted by Gasteiger charge is -2.12. The summed E-state index contributed by atoms with van der Waals surface area (Å²) < 4.78 is 11.9. The number of rotatable bonds is 7.